The molecule has 2 rings (SSSR count). The van der Waals surface area contributed by atoms with Crippen LogP contribution >= 0.6 is 0 Å². The number of hydrogen-bond acceptors (Lipinski definition) is 5. The minimum absolute atomic E-state index is 0.00225. The predicted octanol–water partition coefficient (Wildman–Crippen LogP) is -0.942. The zero-order chi connectivity index (χ0) is 13.0. The van der Waals surface area contributed by atoms with Gasteiger partial charge in [0.05, 0.1) is 30.6 Å². The molecule has 1 atom stereocenters. The van der Waals surface area contributed by atoms with Crippen LogP contribution in [0.2, 0.25) is 0 Å². The molecule has 0 aromatic heterocycles. The lowest BCUT2D eigenvalue weighted by atomic mass is 10.1. The summed E-state index contributed by atoms with van der Waals surface area (Å²) < 4.78 is 28.0. The summed E-state index contributed by atoms with van der Waals surface area (Å²) in [6.45, 7) is 2.17. The molecule has 1 amide bonds. The average molecular weight is 276 g/mol. The van der Waals surface area contributed by atoms with Gasteiger partial charge in [-0.05, 0) is 12.8 Å². The van der Waals surface area contributed by atoms with Crippen molar-refractivity contribution < 1.29 is 17.9 Å². The molecule has 0 saturated carbocycles. The highest BCUT2D eigenvalue weighted by Crippen LogP contribution is 2.12. The van der Waals surface area contributed by atoms with Crippen molar-refractivity contribution in [1.29, 1.82) is 0 Å². The largest absolute Gasteiger partial charge is 0.375 e. The Hall–Kier alpha value is -0.660. The molecule has 2 aliphatic heterocycles. The van der Waals surface area contributed by atoms with Crippen molar-refractivity contribution in [1.82, 2.24) is 10.6 Å². The fourth-order valence-corrected chi connectivity index (χ4v) is 3.77. The maximum Gasteiger partial charge on any atom is 0.222 e. The lowest BCUT2D eigenvalue weighted by Gasteiger charge is -2.26. The number of morpholine rings is 1. The third-order valence-electron chi connectivity index (χ3n) is 3.34. The number of carbonyl (C=O) groups excluding carboxylic acids is 1. The van der Waals surface area contributed by atoms with Crippen LogP contribution in [0.4, 0.5) is 0 Å². The Labute approximate surface area is 107 Å². The molecular formula is C11H20N2O4S. The van der Waals surface area contributed by atoms with Crippen LogP contribution < -0.4 is 10.6 Å². The summed E-state index contributed by atoms with van der Waals surface area (Å²) in [5, 5.41) is 6.06. The molecule has 0 radical (unpaired) electrons. The van der Waals surface area contributed by atoms with Crippen LogP contribution in [0, 0.1) is 0 Å². The van der Waals surface area contributed by atoms with E-state index in [1.807, 2.05) is 0 Å². The first kappa shape index (κ1) is 13.8. The highest BCUT2D eigenvalue weighted by Gasteiger charge is 2.25. The molecule has 2 fully saturated rings. The Bertz CT molecular complexity index is 376. The van der Waals surface area contributed by atoms with Crippen LogP contribution in [0.25, 0.3) is 0 Å². The molecule has 0 aliphatic carbocycles. The summed E-state index contributed by atoms with van der Waals surface area (Å²) in [6, 6.07) is -0.00225. The van der Waals surface area contributed by atoms with E-state index in [4.69, 9.17) is 4.74 Å². The van der Waals surface area contributed by atoms with Crippen molar-refractivity contribution in [2.24, 2.45) is 0 Å². The van der Waals surface area contributed by atoms with Gasteiger partial charge in [0.2, 0.25) is 5.91 Å². The molecule has 6 nitrogen and oxygen atoms in total. The molecule has 2 aliphatic rings. The van der Waals surface area contributed by atoms with Gasteiger partial charge in [0, 0.05) is 19.1 Å². The van der Waals surface area contributed by atoms with Gasteiger partial charge in [-0.2, -0.15) is 0 Å². The molecule has 2 heterocycles. The second-order valence-electron chi connectivity index (χ2n) is 4.89. The summed E-state index contributed by atoms with van der Waals surface area (Å²) in [5.74, 6) is 0.312. The average Bonchev–Trinajstić information content (AvgIpc) is 2.33. The van der Waals surface area contributed by atoms with Crippen LogP contribution in [0.15, 0.2) is 0 Å². The second kappa shape index (κ2) is 5.99. The number of nitrogens with one attached hydrogen (secondary N) is 2. The van der Waals surface area contributed by atoms with E-state index in [0.29, 0.717) is 32.4 Å². The van der Waals surface area contributed by atoms with Crippen molar-refractivity contribution in [3.63, 3.8) is 0 Å². The highest BCUT2D eigenvalue weighted by molar-refractivity contribution is 7.91. The lowest BCUT2D eigenvalue weighted by molar-refractivity contribution is -0.125. The second-order valence-corrected chi connectivity index (χ2v) is 7.20. The number of rotatable bonds is 3. The Morgan fingerprint density at radius 2 is 2.06 bits per heavy atom. The maximum atomic E-state index is 11.8. The molecule has 18 heavy (non-hydrogen) atoms. The van der Waals surface area contributed by atoms with Crippen molar-refractivity contribution in [3.05, 3.63) is 0 Å². The first-order chi connectivity index (χ1) is 8.55. The van der Waals surface area contributed by atoms with Gasteiger partial charge in [0.25, 0.3) is 0 Å². The van der Waals surface area contributed by atoms with Crippen LogP contribution in [0.1, 0.15) is 19.3 Å². The van der Waals surface area contributed by atoms with E-state index >= 15 is 0 Å². The van der Waals surface area contributed by atoms with E-state index in [2.05, 4.69) is 10.6 Å². The first-order valence-electron chi connectivity index (χ1n) is 6.37. The number of carbonyl (C=O) groups is 1. The Morgan fingerprint density at radius 1 is 1.33 bits per heavy atom. The molecule has 7 heteroatoms. The number of sulfone groups is 1. The highest BCUT2D eigenvalue weighted by atomic mass is 32.2. The maximum absolute atomic E-state index is 11.8. The smallest absolute Gasteiger partial charge is 0.222 e. The van der Waals surface area contributed by atoms with Crippen molar-refractivity contribution in [3.8, 4) is 0 Å². The summed E-state index contributed by atoms with van der Waals surface area (Å²) in [4.78, 5) is 11.8. The van der Waals surface area contributed by atoms with E-state index in [1.165, 1.54) is 0 Å². The topological polar surface area (TPSA) is 84.5 Å². The van der Waals surface area contributed by atoms with E-state index in [9.17, 15) is 13.2 Å². The summed E-state index contributed by atoms with van der Waals surface area (Å²) in [6.07, 6.45) is 1.33. The normalized spacial score (nSPS) is 28.8. The zero-order valence-electron chi connectivity index (χ0n) is 10.4. The Balaban J connectivity index is 1.71. The minimum Gasteiger partial charge on any atom is -0.375 e. The monoisotopic (exact) mass is 276 g/mol. The molecule has 0 aromatic rings. The molecule has 2 N–H and O–H groups in total. The van der Waals surface area contributed by atoms with Gasteiger partial charge in [-0.25, -0.2) is 8.42 Å². The van der Waals surface area contributed by atoms with Gasteiger partial charge >= 0.3 is 0 Å². The Morgan fingerprint density at radius 3 is 2.67 bits per heavy atom. The van der Waals surface area contributed by atoms with Crippen molar-refractivity contribution in [2.45, 2.75) is 31.4 Å². The summed E-state index contributed by atoms with van der Waals surface area (Å²) in [5.41, 5.74) is 0. The minimum atomic E-state index is -2.86. The molecule has 0 spiro atoms. The molecule has 1 unspecified atom stereocenters. The van der Waals surface area contributed by atoms with Gasteiger partial charge < -0.3 is 15.4 Å². The molecule has 0 bridgehead atoms. The van der Waals surface area contributed by atoms with Gasteiger partial charge in [0.15, 0.2) is 0 Å². The lowest BCUT2D eigenvalue weighted by Crippen LogP contribution is -2.45. The van der Waals surface area contributed by atoms with Crippen LogP contribution in [0.5, 0.6) is 0 Å². The summed E-state index contributed by atoms with van der Waals surface area (Å²) in [7, 11) is -2.86. The zero-order valence-corrected chi connectivity index (χ0v) is 11.2. The van der Waals surface area contributed by atoms with Crippen molar-refractivity contribution in [2.75, 3.05) is 31.2 Å². The van der Waals surface area contributed by atoms with Gasteiger partial charge in [-0.15, -0.1) is 0 Å². The Kier molecular flexibility index (Phi) is 4.58. The fourth-order valence-electron chi connectivity index (χ4n) is 2.28. The number of hydrogen-bond donors (Lipinski definition) is 2. The summed E-state index contributed by atoms with van der Waals surface area (Å²) >= 11 is 0. The van der Waals surface area contributed by atoms with Gasteiger partial charge in [0.1, 0.15) is 9.84 Å². The molecule has 2 saturated heterocycles. The number of ether oxygens (including phenoxy) is 1. The van der Waals surface area contributed by atoms with Crippen LogP contribution in [0.3, 0.4) is 0 Å². The fraction of sp³-hybridized carbons (Fsp3) is 0.909. The first-order valence-corrected chi connectivity index (χ1v) is 8.19. The predicted molar refractivity (Wildman–Crippen MR) is 67.0 cm³/mol. The van der Waals surface area contributed by atoms with Crippen LogP contribution in [-0.2, 0) is 19.4 Å². The molecule has 104 valence electrons. The van der Waals surface area contributed by atoms with E-state index < -0.39 is 9.84 Å². The van der Waals surface area contributed by atoms with Gasteiger partial charge in [-0.3, -0.25) is 4.79 Å². The third-order valence-corrected chi connectivity index (χ3v) is 5.05. The molecule has 0 aromatic carbocycles. The molecular weight excluding hydrogens is 256 g/mol. The number of amides is 1. The van der Waals surface area contributed by atoms with Crippen LogP contribution in [-0.4, -0.2) is 57.7 Å². The van der Waals surface area contributed by atoms with Gasteiger partial charge in [-0.1, -0.05) is 0 Å². The quantitative estimate of drug-likeness (QED) is 0.695. The van der Waals surface area contributed by atoms with E-state index in [0.717, 1.165) is 6.54 Å². The van der Waals surface area contributed by atoms with E-state index in [1.54, 1.807) is 0 Å². The third kappa shape index (κ3) is 4.22. The SMILES string of the molecule is O=C(CC1CNCCO1)NC1CCS(=O)(=O)CC1. The standard InChI is InChI=1S/C11H20N2O4S/c14-11(7-10-8-12-3-4-17-10)13-9-1-5-18(15,16)6-2-9/h9-10,12H,1-8H2,(H,13,14). The van der Waals surface area contributed by atoms with Crippen molar-refractivity contribution >= 4 is 15.7 Å². The van der Waals surface area contributed by atoms with E-state index in [-0.39, 0.29) is 29.6 Å².